The van der Waals surface area contributed by atoms with Crippen molar-refractivity contribution in [3.8, 4) is 0 Å². The number of fused-ring (bicyclic) bond motifs is 1. The molecule has 0 bridgehead atoms. The number of anilines is 1. The molecule has 6 heteroatoms. The first-order valence-electron chi connectivity index (χ1n) is 7.71. The van der Waals surface area contributed by atoms with Crippen LogP contribution >= 0.6 is 0 Å². The van der Waals surface area contributed by atoms with Crippen LogP contribution in [-0.4, -0.2) is 41.5 Å². The summed E-state index contributed by atoms with van der Waals surface area (Å²) in [4.78, 5) is 12.7. The largest absolute Gasteiger partial charge is 0.368 e. The molecular formula is C16H22N4O2. The Bertz CT molecular complexity index is 674. The monoisotopic (exact) mass is 302 g/mol. The third kappa shape index (κ3) is 2.60. The van der Waals surface area contributed by atoms with E-state index < -0.39 is 5.60 Å². The highest BCUT2D eigenvalue weighted by Gasteiger charge is 2.39. The van der Waals surface area contributed by atoms with Crippen molar-refractivity contribution in [1.82, 2.24) is 15.1 Å². The first-order valence-corrected chi connectivity index (χ1v) is 7.71. The van der Waals surface area contributed by atoms with E-state index in [0.29, 0.717) is 12.8 Å². The van der Waals surface area contributed by atoms with E-state index in [4.69, 9.17) is 4.74 Å². The quantitative estimate of drug-likeness (QED) is 0.903. The van der Waals surface area contributed by atoms with Crippen molar-refractivity contribution in [2.45, 2.75) is 31.9 Å². The molecule has 1 aromatic carbocycles. The van der Waals surface area contributed by atoms with Crippen LogP contribution in [-0.2, 0) is 16.1 Å². The Labute approximate surface area is 129 Å². The lowest BCUT2D eigenvalue weighted by atomic mass is 9.91. The summed E-state index contributed by atoms with van der Waals surface area (Å²) in [5.41, 5.74) is 1.07. The molecule has 1 amide bonds. The van der Waals surface area contributed by atoms with Crippen molar-refractivity contribution in [3.05, 3.63) is 24.4 Å². The second-order valence-electron chi connectivity index (χ2n) is 5.64. The minimum Gasteiger partial charge on any atom is -0.368 e. The lowest BCUT2D eigenvalue weighted by molar-refractivity contribution is -0.140. The van der Waals surface area contributed by atoms with Crippen molar-refractivity contribution >= 4 is 22.5 Å². The van der Waals surface area contributed by atoms with E-state index >= 15 is 0 Å². The van der Waals surface area contributed by atoms with E-state index in [1.54, 1.807) is 7.11 Å². The van der Waals surface area contributed by atoms with Gasteiger partial charge in [-0.05, 0) is 51.1 Å². The number of hydrogen-bond acceptors (Lipinski definition) is 4. The second kappa shape index (κ2) is 6.06. The maximum atomic E-state index is 12.7. The van der Waals surface area contributed by atoms with Gasteiger partial charge in [0.25, 0.3) is 5.91 Å². The van der Waals surface area contributed by atoms with Gasteiger partial charge in [-0.2, -0.15) is 5.10 Å². The van der Waals surface area contributed by atoms with Crippen LogP contribution in [0.2, 0.25) is 0 Å². The number of benzene rings is 1. The summed E-state index contributed by atoms with van der Waals surface area (Å²) in [6.07, 6.45) is 3.21. The lowest BCUT2D eigenvalue weighted by Gasteiger charge is -2.34. The van der Waals surface area contributed by atoms with Crippen LogP contribution < -0.4 is 10.6 Å². The molecule has 1 saturated heterocycles. The van der Waals surface area contributed by atoms with Gasteiger partial charge in [0, 0.05) is 24.7 Å². The highest BCUT2D eigenvalue weighted by atomic mass is 16.5. The number of piperidine rings is 1. The molecule has 0 radical (unpaired) electrons. The first kappa shape index (κ1) is 15.0. The smallest absolute Gasteiger partial charge is 0.256 e. The number of nitrogens with one attached hydrogen (secondary N) is 2. The van der Waals surface area contributed by atoms with Gasteiger partial charge in [-0.15, -0.1) is 0 Å². The Hall–Kier alpha value is -1.92. The van der Waals surface area contributed by atoms with Crippen molar-refractivity contribution in [2.24, 2.45) is 0 Å². The molecule has 0 atom stereocenters. The fraction of sp³-hybridized carbons (Fsp3) is 0.500. The number of ether oxygens (including phenoxy) is 1. The molecule has 1 fully saturated rings. The van der Waals surface area contributed by atoms with Crippen LogP contribution in [0.25, 0.3) is 10.9 Å². The number of methoxy groups -OCH3 is 1. The summed E-state index contributed by atoms with van der Waals surface area (Å²) >= 11 is 0. The van der Waals surface area contributed by atoms with Crippen LogP contribution in [0.1, 0.15) is 19.8 Å². The van der Waals surface area contributed by atoms with Crippen molar-refractivity contribution in [3.63, 3.8) is 0 Å². The molecule has 2 aromatic rings. The number of aryl methyl sites for hydroxylation is 1. The maximum absolute atomic E-state index is 12.7. The molecule has 6 nitrogen and oxygen atoms in total. The number of hydrogen-bond donors (Lipinski definition) is 2. The topological polar surface area (TPSA) is 68.2 Å². The molecule has 22 heavy (non-hydrogen) atoms. The minimum atomic E-state index is -0.731. The summed E-state index contributed by atoms with van der Waals surface area (Å²) in [5, 5.41) is 11.7. The van der Waals surface area contributed by atoms with Crippen molar-refractivity contribution in [2.75, 3.05) is 25.5 Å². The Morgan fingerprint density at radius 2 is 2.23 bits per heavy atom. The molecule has 0 unspecified atom stereocenters. The average molecular weight is 302 g/mol. The summed E-state index contributed by atoms with van der Waals surface area (Å²) in [5.74, 6) is -0.0709. The molecule has 3 rings (SSSR count). The third-order valence-electron chi connectivity index (χ3n) is 4.42. The predicted molar refractivity (Wildman–Crippen MR) is 85.9 cm³/mol. The zero-order valence-electron chi connectivity index (χ0n) is 13.1. The van der Waals surface area contributed by atoms with Crippen LogP contribution in [0.5, 0.6) is 0 Å². The van der Waals surface area contributed by atoms with E-state index in [1.165, 1.54) is 0 Å². The molecule has 0 aliphatic carbocycles. The lowest BCUT2D eigenvalue weighted by Crippen LogP contribution is -2.51. The van der Waals surface area contributed by atoms with Gasteiger partial charge in [-0.25, -0.2) is 0 Å². The molecule has 0 spiro atoms. The summed E-state index contributed by atoms with van der Waals surface area (Å²) in [6, 6.07) is 5.85. The van der Waals surface area contributed by atoms with Gasteiger partial charge in [0.1, 0.15) is 5.60 Å². The Balaban J connectivity index is 1.83. The number of amides is 1. The molecular weight excluding hydrogens is 280 g/mol. The van der Waals surface area contributed by atoms with Crippen molar-refractivity contribution < 1.29 is 9.53 Å². The Morgan fingerprint density at radius 3 is 2.91 bits per heavy atom. The molecule has 2 N–H and O–H groups in total. The van der Waals surface area contributed by atoms with E-state index in [0.717, 1.165) is 36.2 Å². The van der Waals surface area contributed by atoms with E-state index in [-0.39, 0.29) is 5.91 Å². The van der Waals surface area contributed by atoms with Gasteiger partial charge in [0.05, 0.1) is 11.7 Å². The van der Waals surface area contributed by atoms with Crippen LogP contribution in [0.15, 0.2) is 24.4 Å². The predicted octanol–water partition coefficient (Wildman–Crippen LogP) is 1.76. The normalized spacial score (nSPS) is 17.5. The summed E-state index contributed by atoms with van der Waals surface area (Å²) < 4.78 is 7.48. The third-order valence-corrected chi connectivity index (χ3v) is 4.42. The standard InChI is InChI=1S/C16H22N4O2/c1-3-20-14-10-13(5-4-12(14)11-18-20)19-15(21)16(22-2)6-8-17-9-7-16/h4-5,10-11,17H,3,6-9H2,1-2H3,(H,19,21). The minimum absolute atomic E-state index is 0.0709. The first-order chi connectivity index (χ1) is 10.7. The number of rotatable bonds is 4. The maximum Gasteiger partial charge on any atom is 0.256 e. The van der Waals surface area contributed by atoms with Gasteiger partial charge in [-0.3, -0.25) is 9.48 Å². The number of nitrogens with zero attached hydrogens (tertiary/aromatic N) is 2. The Morgan fingerprint density at radius 1 is 1.45 bits per heavy atom. The van der Waals surface area contributed by atoms with Gasteiger partial charge < -0.3 is 15.4 Å². The molecule has 1 aromatic heterocycles. The molecule has 118 valence electrons. The number of aromatic nitrogens is 2. The van der Waals surface area contributed by atoms with Crippen LogP contribution in [0.3, 0.4) is 0 Å². The number of carbonyl (C=O) groups is 1. The van der Waals surface area contributed by atoms with Gasteiger partial charge >= 0.3 is 0 Å². The molecule has 1 aliphatic heterocycles. The average Bonchev–Trinajstić information content (AvgIpc) is 2.97. The SMILES string of the molecule is CCn1ncc2ccc(NC(=O)C3(OC)CCNCC3)cc21. The van der Waals surface area contributed by atoms with Crippen LogP contribution in [0, 0.1) is 0 Å². The number of carbonyl (C=O) groups excluding carboxylic acids is 1. The highest BCUT2D eigenvalue weighted by Crippen LogP contribution is 2.26. The van der Waals surface area contributed by atoms with E-state index in [2.05, 4.69) is 15.7 Å². The van der Waals surface area contributed by atoms with E-state index in [1.807, 2.05) is 36.0 Å². The fourth-order valence-electron chi connectivity index (χ4n) is 3.00. The fourth-order valence-corrected chi connectivity index (χ4v) is 3.00. The van der Waals surface area contributed by atoms with Gasteiger partial charge in [-0.1, -0.05) is 0 Å². The zero-order chi connectivity index (χ0) is 15.6. The van der Waals surface area contributed by atoms with Gasteiger partial charge in [0.2, 0.25) is 0 Å². The second-order valence-corrected chi connectivity index (χ2v) is 5.64. The highest BCUT2D eigenvalue weighted by molar-refractivity contribution is 5.99. The summed E-state index contributed by atoms with van der Waals surface area (Å²) in [6.45, 7) is 4.44. The van der Waals surface area contributed by atoms with Gasteiger partial charge in [0.15, 0.2) is 0 Å². The Kier molecular flexibility index (Phi) is 4.13. The summed E-state index contributed by atoms with van der Waals surface area (Å²) in [7, 11) is 1.61. The zero-order valence-corrected chi connectivity index (χ0v) is 13.1. The molecule has 1 aliphatic rings. The molecule has 0 saturated carbocycles. The van der Waals surface area contributed by atoms with Crippen LogP contribution in [0.4, 0.5) is 5.69 Å². The van der Waals surface area contributed by atoms with Crippen molar-refractivity contribution in [1.29, 1.82) is 0 Å². The van der Waals surface area contributed by atoms with E-state index in [9.17, 15) is 4.79 Å². The molecule has 2 heterocycles.